The Morgan fingerprint density at radius 2 is 1.79 bits per heavy atom. The van der Waals surface area contributed by atoms with E-state index in [1.165, 1.54) is 33.9 Å². The van der Waals surface area contributed by atoms with Gasteiger partial charge >= 0.3 is 0 Å². The van der Waals surface area contributed by atoms with Crippen molar-refractivity contribution in [2.24, 2.45) is 0 Å². The van der Waals surface area contributed by atoms with E-state index >= 15 is 0 Å². The van der Waals surface area contributed by atoms with Crippen LogP contribution in [0.4, 0.5) is 13.2 Å². The zero-order valence-electron chi connectivity index (χ0n) is 17.6. The summed E-state index contributed by atoms with van der Waals surface area (Å²) in [7, 11) is 0. The zero-order valence-corrected chi connectivity index (χ0v) is 17.6. The van der Waals surface area contributed by atoms with Gasteiger partial charge in [0, 0.05) is 37.5 Å². The van der Waals surface area contributed by atoms with Crippen molar-refractivity contribution in [2.45, 2.75) is 25.6 Å². The van der Waals surface area contributed by atoms with Crippen LogP contribution in [0.1, 0.15) is 43.6 Å². The quantitative estimate of drug-likeness (QED) is 0.617. The molecule has 7 nitrogen and oxygen atoms in total. The lowest BCUT2D eigenvalue weighted by molar-refractivity contribution is 0.0653. The first-order valence-corrected chi connectivity index (χ1v) is 10.5. The molecule has 2 aliphatic rings. The number of hydrogen-bond acceptors (Lipinski definition) is 4. The van der Waals surface area contributed by atoms with Crippen LogP contribution in [-0.2, 0) is 19.5 Å². The predicted octanol–water partition coefficient (Wildman–Crippen LogP) is 2.65. The summed E-state index contributed by atoms with van der Waals surface area (Å²) in [4.78, 5) is 40.0. The number of carbonyl (C=O) groups is 2. The number of rotatable bonds is 3. The van der Waals surface area contributed by atoms with Crippen molar-refractivity contribution in [1.82, 2.24) is 14.8 Å². The Labute approximate surface area is 191 Å². The number of fused-ring (bicyclic) bond motifs is 5. The second kappa shape index (κ2) is 8.05. The average Bonchev–Trinajstić information content (AvgIpc) is 2.96. The summed E-state index contributed by atoms with van der Waals surface area (Å²) in [5, 5.41) is 13.0. The van der Waals surface area contributed by atoms with Crippen LogP contribution in [-0.4, -0.2) is 32.9 Å². The molecule has 1 atom stereocenters. The number of aromatic nitrogens is 1. The lowest BCUT2D eigenvalue weighted by Crippen LogP contribution is -2.44. The second-order valence-corrected chi connectivity index (χ2v) is 8.35. The fourth-order valence-electron chi connectivity index (χ4n) is 4.49. The smallest absolute Gasteiger partial charge is 0.274 e. The van der Waals surface area contributed by atoms with Crippen molar-refractivity contribution < 1.29 is 27.9 Å². The third-order valence-corrected chi connectivity index (χ3v) is 6.21. The third kappa shape index (κ3) is 3.60. The van der Waals surface area contributed by atoms with Gasteiger partial charge in [-0.05, 0) is 35.7 Å². The molecule has 0 radical (unpaired) electrons. The molecule has 5 rings (SSSR count). The molecule has 1 aromatic heterocycles. The van der Waals surface area contributed by atoms with Crippen molar-refractivity contribution in [3.8, 4) is 5.75 Å². The molecule has 0 saturated heterocycles. The van der Waals surface area contributed by atoms with Crippen molar-refractivity contribution in [3.63, 3.8) is 0 Å². The minimum absolute atomic E-state index is 0.00969. The number of pyridine rings is 1. The van der Waals surface area contributed by atoms with Crippen molar-refractivity contribution in [3.05, 3.63) is 98.2 Å². The first-order chi connectivity index (χ1) is 16.2. The molecule has 0 fully saturated rings. The van der Waals surface area contributed by atoms with Crippen molar-refractivity contribution in [1.29, 1.82) is 0 Å². The highest BCUT2D eigenvalue weighted by atomic mass is 19.1. The Morgan fingerprint density at radius 1 is 1.06 bits per heavy atom. The maximum Gasteiger partial charge on any atom is 0.274 e. The SMILES string of the molecule is O=C(NCc1ccc(F)cc1F)c1cn2c(c(O)c1=O)C(=O)N1Cc3cc(F)ccc3CC2C1. The summed E-state index contributed by atoms with van der Waals surface area (Å²) < 4.78 is 42.1. The highest BCUT2D eigenvalue weighted by Gasteiger charge is 2.37. The van der Waals surface area contributed by atoms with E-state index in [1.807, 2.05) is 0 Å². The average molecular weight is 469 g/mol. The predicted molar refractivity (Wildman–Crippen MR) is 114 cm³/mol. The topological polar surface area (TPSA) is 91.6 Å². The van der Waals surface area contributed by atoms with Gasteiger partial charge in [0.1, 0.15) is 23.0 Å². The van der Waals surface area contributed by atoms with Gasteiger partial charge in [0.05, 0.1) is 6.04 Å². The number of hydrogen-bond donors (Lipinski definition) is 2. The van der Waals surface area contributed by atoms with Crippen LogP contribution in [0.15, 0.2) is 47.4 Å². The number of nitrogens with one attached hydrogen (secondary N) is 1. The summed E-state index contributed by atoms with van der Waals surface area (Å²) in [5.74, 6) is -4.41. The van der Waals surface area contributed by atoms with Crippen LogP contribution in [0.2, 0.25) is 0 Å². The molecule has 2 aliphatic heterocycles. The van der Waals surface area contributed by atoms with Gasteiger partial charge in [-0.2, -0.15) is 0 Å². The third-order valence-electron chi connectivity index (χ3n) is 6.21. The lowest BCUT2D eigenvalue weighted by Gasteiger charge is -2.34. The van der Waals surface area contributed by atoms with Crippen LogP contribution in [0.25, 0.3) is 0 Å². The highest BCUT2D eigenvalue weighted by molar-refractivity contribution is 5.99. The maximum atomic E-state index is 13.9. The number of amides is 2. The Hall–Kier alpha value is -4.08. The van der Waals surface area contributed by atoms with Gasteiger partial charge in [-0.1, -0.05) is 12.1 Å². The molecular weight excluding hydrogens is 451 g/mol. The molecule has 3 aromatic rings. The largest absolute Gasteiger partial charge is 0.503 e. The molecule has 2 bridgehead atoms. The number of halogens is 3. The van der Waals surface area contributed by atoms with Crippen LogP contribution in [0.3, 0.4) is 0 Å². The Kier molecular flexibility index (Phi) is 5.15. The van der Waals surface area contributed by atoms with E-state index in [2.05, 4.69) is 5.32 Å². The lowest BCUT2D eigenvalue weighted by atomic mass is 10.0. The van der Waals surface area contributed by atoms with Gasteiger partial charge in [-0.25, -0.2) is 13.2 Å². The van der Waals surface area contributed by atoms with Gasteiger partial charge < -0.3 is 19.9 Å². The fraction of sp³-hybridized carbons (Fsp3) is 0.208. The van der Waals surface area contributed by atoms with Gasteiger partial charge in [-0.15, -0.1) is 0 Å². The molecule has 0 saturated carbocycles. The molecule has 3 heterocycles. The van der Waals surface area contributed by atoms with Gasteiger partial charge in [0.15, 0.2) is 11.4 Å². The van der Waals surface area contributed by atoms with Crippen LogP contribution < -0.4 is 10.7 Å². The van der Waals surface area contributed by atoms with E-state index in [0.29, 0.717) is 18.1 Å². The molecule has 34 heavy (non-hydrogen) atoms. The maximum absolute atomic E-state index is 13.9. The molecule has 2 amide bonds. The van der Waals surface area contributed by atoms with Crippen LogP contribution in [0.5, 0.6) is 5.75 Å². The zero-order chi connectivity index (χ0) is 24.1. The van der Waals surface area contributed by atoms with Gasteiger partial charge in [0.2, 0.25) is 5.43 Å². The Bertz CT molecular complexity index is 1420. The van der Waals surface area contributed by atoms with E-state index in [4.69, 9.17) is 0 Å². The van der Waals surface area contributed by atoms with E-state index in [-0.39, 0.29) is 30.9 Å². The van der Waals surface area contributed by atoms with Crippen molar-refractivity contribution in [2.75, 3.05) is 6.54 Å². The van der Waals surface area contributed by atoms with Gasteiger partial charge in [0.25, 0.3) is 11.8 Å². The number of carbonyl (C=O) groups excluding carboxylic acids is 2. The van der Waals surface area contributed by atoms with Crippen LogP contribution in [0, 0.1) is 17.5 Å². The van der Waals surface area contributed by atoms with E-state index in [0.717, 1.165) is 11.6 Å². The number of aromatic hydroxyl groups is 1. The molecule has 0 spiro atoms. The molecule has 174 valence electrons. The monoisotopic (exact) mass is 469 g/mol. The number of benzene rings is 2. The molecule has 2 N–H and O–H groups in total. The Morgan fingerprint density at radius 3 is 2.56 bits per heavy atom. The molecule has 0 aliphatic carbocycles. The summed E-state index contributed by atoms with van der Waals surface area (Å²) in [6.07, 6.45) is 1.60. The van der Waals surface area contributed by atoms with E-state index < -0.39 is 52.0 Å². The minimum atomic E-state index is -1.04. The summed E-state index contributed by atoms with van der Waals surface area (Å²) in [6.45, 7) is 0.0514. The second-order valence-electron chi connectivity index (χ2n) is 8.35. The normalized spacial score (nSPS) is 16.5. The Balaban J connectivity index is 1.50. The molecular formula is C24H18F3N3O4. The summed E-state index contributed by atoms with van der Waals surface area (Å²) in [6, 6.07) is 6.77. The minimum Gasteiger partial charge on any atom is -0.503 e. The first-order valence-electron chi connectivity index (χ1n) is 10.5. The van der Waals surface area contributed by atoms with Crippen LogP contribution >= 0.6 is 0 Å². The molecule has 1 unspecified atom stereocenters. The summed E-state index contributed by atoms with van der Waals surface area (Å²) in [5.41, 5.74) is -0.254. The van der Waals surface area contributed by atoms with E-state index in [9.17, 15) is 32.7 Å². The molecule has 10 heteroatoms. The van der Waals surface area contributed by atoms with Gasteiger partial charge in [-0.3, -0.25) is 14.4 Å². The van der Waals surface area contributed by atoms with E-state index in [1.54, 1.807) is 6.07 Å². The standard InChI is InChI=1S/C24H18F3N3O4/c25-15-3-1-12-6-17-10-29(9-14(12)5-15)24(34)20-22(32)21(31)18(11-30(17)20)23(33)28-8-13-2-4-16(26)7-19(13)27/h1-5,7,11,17,32H,6,8-10H2,(H,28,33). The highest BCUT2D eigenvalue weighted by Crippen LogP contribution is 2.33. The number of nitrogens with zero attached hydrogens (tertiary/aromatic N) is 2. The van der Waals surface area contributed by atoms with Crippen molar-refractivity contribution >= 4 is 11.8 Å². The molecule has 2 aromatic carbocycles. The first kappa shape index (κ1) is 21.7. The summed E-state index contributed by atoms with van der Waals surface area (Å²) >= 11 is 0. The fourth-order valence-corrected chi connectivity index (χ4v) is 4.49.